The molecule has 170 valence electrons. The highest BCUT2D eigenvalue weighted by atomic mass is 16.6. The van der Waals surface area contributed by atoms with Crippen LogP contribution in [-0.4, -0.2) is 87.8 Å². The van der Waals surface area contributed by atoms with E-state index < -0.39 is 5.97 Å². The van der Waals surface area contributed by atoms with Gasteiger partial charge in [-0.2, -0.15) is 4.98 Å². The lowest BCUT2D eigenvalue weighted by atomic mass is 9.95. The van der Waals surface area contributed by atoms with Crippen molar-refractivity contribution in [2.24, 2.45) is 5.92 Å². The van der Waals surface area contributed by atoms with Crippen LogP contribution in [0.4, 0.5) is 16.6 Å². The van der Waals surface area contributed by atoms with Gasteiger partial charge in [-0.25, -0.2) is 9.78 Å². The molecule has 3 aliphatic heterocycles. The quantitative estimate of drug-likeness (QED) is 0.686. The summed E-state index contributed by atoms with van der Waals surface area (Å²) in [6, 6.07) is 2.06. The molecule has 10 heteroatoms. The molecule has 3 saturated heterocycles. The molecule has 0 bridgehead atoms. The van der Waals surface area contributed by atoms with Crippen LogP contribution in [-0.2, 0) is 9.53 Å². The van der Waals surface area contributed by atoms with Gasteiger partial charge in [-0.15, -0.1) is 0 Å². The zero-order chi connectivity index (χ0) is 22.0. The average Bonchev–Trinajstić information content (AvgIpc) is 3.08. The number of carbonyl (C=O) groups excluding carboxylic acids is 1. The molecule has 1 aromatic rings. The van der Waals surface area contributed by atoms with Crippen molar-refractivity contribution in [3.63, 3.8) is 0 Å². The zero-order valence-corrected chi connectivity index (χ0v) is 18.0. The fraction of sp³-hybridized carbons (Fsp3) is 0.714. The number of carboxylic acid groups (broad SMARTS) is 1. The van der Waals surface area contributed by atoms with Crippen LogP contribution < -0.4 is 10.6 Å². The number of carbonyl (C=O) groups is 2. The Hall–Kier alpha value is -2.62. The van der Waals surface area contributed by atoms with Crippen molar-refractivity contribution in [1.29, 1.82) is 0 Å². The van der Waals surface area contributed by atoms with Crippen LogP contribution in [0, 0.1) is 5.92 Å². The summed E-state index contributed by atoms with van der Waals surface area (Å²) in [5.41, 5.74) is 5.71. The van der Waals surface area contributed by atoms with Crippen molar-refractivity contribution in [1.82, 2.24) is 19.8 Å². The van der Waals surface area contributed by atoms with Gasteiger partial charge in [0, 0.05) is 31.9 Å². The number of piperidine rings is 2. The molecule has 0 aromatic carbocycles. The van der Waals surface area contributed by atoms with Gasteiger partial charge in [0.05, 0.1) is 12.0 Å². The predicted octanol–water partition coefficient (Wildman–Crippen LogP) is 1.42. The number of aliphatic carboxylic acids is 1. The molecular formula is C21H32N6O4. The van der Waals surface area contributed by atoms with E-state index in [1.807, 2.05) is 11.0 Å². The van der Waals surface area contributed by atoms with Crippen LogP contribution in [0.2, 0.25) is 0 Å². The molecule has 3 N–H and O–H groups in total. The van der Waals surface area contributed by atoms with Crippen molar-refractivity contribution in [3.8, 4) is 0 Å². The van der Waals surface area contributed by atoms with E-state index in [1.54, 1.807) is 6.20 Å². The van der Waals surface area contributed by atoms with E-state index in [0.29, 0.717) is 19.4 Å². The normalized spacial score (nSPS) is 26.3. The number of hydrogen-bond donors (Lipinski definition) is 2. The molecule has 1 amide bonds. The van der Waals surface area contributed by atoms with Gasteiger partial charge in [-0.1, -0.05) is 6.92 Å². The minimum atomic E-state index is -0.708. The van der Waals surface area contributed by atoms with Crippen LogP contribution in [0.25, 0.3) is 0 Å². The molecule has 0 spiro atoms. The number of hydrogen-bond acceptors (Lipinski definition) is 8. The third-order valence-corrected chi connectivity index (χ3v) is 6.88. The van der Waals surface area contributed by atoms with Crippen LogP contribution in [0.3, 0.4) is 0 Å². The highest BCUT2D eigenvalue weighted by Gasteiger charge is 2.45. The van der Waals surface area contributed by atoms with Gasteiger partial charge in [-0.05, 0) is 51.3 Å². The number of nitrogens with zero attached hydrogens (tertiary/aromatic N) is 5. The Morgan fingerprint density at radius 3 is 2.55 bits per heavy atom. The minimum Gasteiger partial charge on any atom is -0.481 e. The molecule has 2 atom stereocenters. The third-order valence-electron chi connectivity index (χ3n) is 6.88. The lowest BCUT2D eigenvalue weighted by molar-refractivity contribution is -0.143. The second-order valence-electron chi connectivity index (χ2n) is 8.71. The summed E-state index contributed by atoms with van der Waals surface area (Å²) in [4.78, 5) is 38.6. The fourth-order valence-corrected chi connectivity index (χ4v) is 5.15. The first kappa shape index (κ1) is 21.6. The number of cyclic esters (lactones) is 1. The van der Waals surface area contributed by atoms with Gasteiger partial charge in [0.25, 0.3) is 0 Å². The van der Waals surface area contributed by atoms with Crippen LogP contribution in [0.5, 0.6) is 0 Å². The summed E-state index contributed by atoms with van der Waals surface area (Å²) in [7, 11) is 0. The van der Waals surface area contributed by atoms with Gasteiger partial charge in [0.1, 0.15) is 11.9 Å². The largest absolute Gasteiger partial charge is 0.481 e. The molecule has 2 unspecified atom stereocenters. The van der Waals surface area contributed by atoms with E-state index in [1.165, 1.54) is 0 Å². The van der Waals surface area contributed by atoms with Gasteiger partial charge in [-0.3, -0.25) is 14.6 Å². The van der Waals surface area contributed by atoms with E-state index >= 15 is 0 Å². The Kier molecular flexibility index (Phi) is 6.45. The maximum Gasteiger partial charge on any atom is 0.410 e. The molecule has 0 aliphatic carbocycles. The number of nitrogens with two attached hydrogens (primary N) is 1. The summed E-state index contributed by atoms with van der Waals surface area (Å²) in [5.74, 6) is 0.130. The molecular weight excluding hydrogens is 400 g/mol. The van der Waals surface area contributed by atoms with Gasteiger partial charge < -0.3 is 20.5 Å². The Balaban J connectivity index is 1.34. The van der Waals surface area contributed by atoms with E-state index in [0.717, 1.165) is 51.3 Å². The molecule has 10 nitrogen and oxygen atoms in total. The second kappa shape index (κ2) is 9.25. The Morgan fingerprint density at radius 1 is 1.23 bits per heavy atom. The Bertz CT molecular complexity index is 792. The smallest absolute Gasteiger partial charge is 0.410 e. The highest BCUT2D eigenvalue weighted by Crippen LogP contribution is 2.31. The van der Waals surface area contributed by atoms with Crippen molar-refractivity contribution in [2.45, 2.75) is 57.2 Å². The first-order valence-electron chi connectivity index (χ1n) is 11.2. The summed E-state index contributed by atoms with van der Waals surface area (Å²) >= 11 is 0. The summed E-state index contributed by atoms with van der Waals surface area (Å²) in [5, 5.41) is 9.20. The lowest BCUT2D eigenvalue weighted by Crippen LogP contribution is -2.51. The molecule has 3 fully saturated rings. The Labute approximate surface area is 182 Å². The minimum absolute atomic E-state index is 0.0518. The molecule has 4 rings (SSSR count). The maximum atomic E-state index is 12.8. The molecule has 3 aliphatic rings. The molecule has 31 heavy (non-hydrogen) atoms. The summed E-state index contributed by atoms with van der Waals surface area (Å²) in [6.45, 7) is 5.85. The number of carboxylic acids is 1. The molecule has 0 saturated carbocycles. The third kappa shape index (κ3) is 4.68. The lowest BCUT2D eigenvalue weighted by Gasteiger charge is -2.39. The number of rotatable bonds is 6. The predicted molar refractivity (Wildman–Crippen MR) is 115 cm³/mol. The maximum absolute atomic E-state index is 12.8. The molecule has 4 heterocycles. The van der Waals surface area contributed by atoms with E-state index in [-0.39, 0.29) is 36.1 Å². The number of amides is 1. The standard InChI is InChI=1S/C21H32N6O4/c1-2-16-17(13-25-9-4-14(5-10-25)19(28)29)31-21(30)27(16)15-6-11-26(12-7-15)18-3-8-23-20(22)24-18/h3,8,14-17H,2,4-7,9-13H2,1H3,(H,28,29)(H2,22,23,24). The Morgan fingerprint density at radius 2 is 1.94 bits per heavy atom. The van der Waals surface area contributed by atoms with E-state index in [2.05, 4.69) is 26.7 Å². The average molecular weight is 433 g/mol. The second-order valence-corrected chi connectivity index (χ2v) is 8.71. The van der Waals surface area contributed by atoms with Crippen LogP contribution in [0.15, 0.2) is 12.3 Å². The SMILES string of the molecule is CCC1C(CN2CCC(C(=O)O)CC2)OC(=O)N1C1CCN(c2ccnc(N)n2)CC1. The fourth-order valence-electron chi connectivity index (χ4n) is 5.15. The van der Waals surface area contributed by atoms with Crippen molar-refractivity contribution in [3.05, 3.63) is 12.3 Å². The number of anilines is 2. The number of aromatic nitrogens is 2. The van der Waals surface area contributed by atoms with Crippen molar-refractivity contribution < 1.29 is 19.4 Å². The van der Waals surface area contributed by atoms with Crippen molar-refractivity contribution in [2.75, 3.05) is 43.4 Å². The van der Waals surface area contributed by atoms with Gasteiger partial charge in [0.2, 0.25) is 5.95 Å². The van der Waals surface area contributed by atoms with Gasteiger partial charge >= 0.3 is 12.1 Å². The number of ether oxygens (including phenoxy) is 1. The summed E-state index contributed by atoms with van der Waals surface area (Å²) in [6.07, 6.45) is 5.13. The van der Waals surface area contributed by atoms with Gasteiger partial charge in [0.15, 0.2) is 0 Å². The van der Waals surface area contributed by atoms with E-state index in [9.17, 15) is 14.7 Å². The first-order chi connectivity index (χ1) is 15.0. The van der Waals surface area contributed by atoms with Crippen LogP contribution in [0.1, 0.15) is 39.0 Å². The topological polar surface area (TPSA) is 125 Å². The van der Waals surface area contributed by atoms with E-state index in [4.69, 9.17) is 10.5 Å². The van der Waals surface area contributed by atoms with Crippen LogP contribution >= 0.6 is 0 Å². The first-order valence-corrected chi connectivity index (χ1v) is 11.2. The highest BCUT2D eigenvalue weighted by molar-refractivity contribution is 5.71. The summed E-state index contributed by atoms with van der Waals surface area (Å²) < 4.78 is 5.81. The molecule has 1 aromatic heterocycles. The van der Waals surface area contributed by atoms with Crippen molar-refractivity contribution >= 4 is 23.8 Å². The zero-order valence-electron chi connectivity index (χ0n) is 18.0. The number of likely N-dealkylation sites (tertiary alicyclic amines) is 1. The number of nitrogen functional groups attached to an aromatic ring is 1. The molecule has 0 radical (unpaired) electrons. The monoisotopic (exact) mass is 432 g/mol.